The van der Waals surface area contributed by atoms with E-state index in [1.54, 1.807) is 7.11 Å². The highest BCUT2D eigenvalue weighted by molar-refractivity contribution is 6.30. The Morgan fingerprint density at radius 3 is 3.07 bits per heavy atom. The Balaban J connectivity index is 2.37. The van der Waals surface area contributed by atoms with Gasteiger partial charge in [-0.1, -0.05) is 11.6 Å². The molecule has 0 aliphatic heterocycles. The van der Waals surface area contributed by atoms with Gasteiger partial charge in [0.05, 0.1) is 7.11 Å². The van der Waals surface area contributed by atoms with Gasteiger partial charge in [-0.25, -0.2) is 4.98 Å². The molecule has 0 saturated heterocycles. The van der Waals surface area contributed by atoms with Gasteiger partial charge in [0.2, 0.25) is 5.88 Å². The number of halogens is 1. The molecule has 0 radical (unpaired) electrons. The van der Waals surface area contributed by atoms with E-state index < -0.39 is 0 Å². The van der Waals surface area contributed by atoms with Crippen LogP contribution in [0.4, 0.5) is 0 Å². The number of hydrogen-bond acceptors (Lipinski definition) is 3. The topological polar surface area (TPSA) is 42.4 Å². The van der Waals surface area contributed by atoms with Gasteiger partial charge in [-0.05, 0) is 29.9 Å². The molecule has 0 aromatic carbocycles. The van der Waals surface area contributed by atoms with Crippen LogP contribution in [0.15, 0.2) is 6.07 Å². The molecule has 76 valence electrons. The highest BCUT2D eigenvalue weighted by Gasteiger charge is 2.24. The molecule has 0 saturated carbocycles. The third-order valence-electron chi connectivity index (χ3n) is 2.61. The lowest BCUT2D eigenvalue weighted by molar-refractivity contribution is 0.232. The van der Waals surface area contributed by atoms with Gasteiger partial charge in [-0.15, -0.1) is 0 Å². The normalized spacial score (nSPS) is 19.5. The van der Waals surface area contributed by atoms with Crippen LogP contribution in [0.1, 0.15) is 11.1 Å². The molecule has 4 heteroatoms. The summed E-state index contributed by atoms with van der Waals surface area (Å²) in [7, 11) is 1.57. The number of rotatable bonds is 2. The Morgan fingerprint density at radius 2 is 2.43 bits per heavy atom. The Bertz CT molecular complexity index is 354. The summed E-state index contributed by atoms with van der Waals surface area (Å²) in [6.45, 7) is 0.202. The number of methoxy groups -OCH3 is 1. The zero-order valence-corrected chi connectivity index (χ0v) is 8.71. The maximum Gasteiger partial charge on any atom is 0.214 e. The predicted molar refractivity (Wildman–Crippen MR) is 53.8 cm³/mol. The third kappa shape index (κ3) is 1.57. The first-order valence-electron chi connectivity index (χ1n) is 4.57. The van der Waals surface area contributed by atoms with Crippen LogP contribution < -0.4 is 4.74 Å². The fourth-order valence-corrected chi connectivity index (χ4v) is 2.15. The average Bonchev–Trinajstić information content (AvgIpc) is 2.61. The number of aromatic nitrogens is 1. The van der Waals surface area contributed by atoms with E-state index in [0.29, 0.717) is 11.0 Å². The van der Waals surface area contributed by atoms with Crippen LogP contribution in [0.3, 0.4) is 0 Å². The lowest BCUT2D eigenvalue weighted by atomic mass is 10.1. The summed E-state index contributed by atoms with van der Waals surface area (Å²) >= 11 is 6.00. The van der Waals surface area contributed by atoms with E-state index in [1.165, 1.54) is 0 Å². The second-order valence-corrected chi connectivity index (χ2v) is 3.91. The standard InChI is InChI=1S/C10H12ClNO2/c1-14-9-4-7-2-6(5-13)3-8(7)10(11)12-9/h4,6,13H,2-3,5H2,1H3. The first-order valence-corrected chi connectivity index (χ1v) is 4.95. The average molecular weight is 214 g/mol. The molecular formula is C10H12ClNO2. The number of aliphatic hydroxyl groups excluding tert-OH is 1. The first kappa shape index (κ1) is 9.74. The molecule has 1 aromatic rings. The summed E-state index contributed by atoms with van der Waals surface area (Å²) in [5.74, 6) is 0.837. The van der Waals surface area contributed by atoms with Gasteiger partial charge >= 0.3 is 0 Å². The summed E-state index contributed by atoms with van der Waals surface area (Å²) in [5, 5.41) is 9.57. The number of aliphatic hydroxyl groups is 1. The highest BCUT2D eigenvalue weighted by atomic mass is 35.5. The Kier molecular flexibility index (Phi) is 2.61. The summed E-state index contributed by atoms with van der Waals surface area (Å²) in [4.78, 5) is 4.09. The van der Waals surface area contributed by atoms with Crippen LogP contribution >= 0.6 is 11.6 Å². The van der Waals surface area contributed by atoms with Gasteiger partial charge in [0, 0.05) is 12.7 Å². The van der Waals surface area contributed by atoms with Crippen molar-refractivity contribution in [3.63, 3.8) is 0 Å². The molecule has 0 bridgehead atoms. The van der Waals surface area contributed by atoms with E-state index in [1.807, 2.05) is 6.07 Å². The SMILES string of the molecule is COc1cc2c(c(Cl)n1)CC(CO)C2. The number of hydrogen-bond donors (Lipinski definition) is 1. The number of fused-ring (bicyclic) bond motifs is 1. The summed E-state index contributed by atoms with van der Waals surface area (Å²) in [6, 6.07) is 1.90. The monoisotopic (exact) mass is 213 g/mol. The molecule has 3 nitrogen and oxygen atoms in total. The van der Waals surface area contributed by atoms with Gasteiger partial charge in [0.15, 0.2) is 0 Å². The van der Waals surface area contributed by atoms with Crippen LogP contribution in [-0.4, -0.2) is 23.8 Å². The van der Waals surface area contributed by atoms with E-state index in [4.69, 9.17) is 21.4 Å². The fraction of sp³-hybridized carbons (Fsp3) is 0.500. The van der Waals surface area contributed by atoms with Crippen molar-refractivity contribution < 1.29 is 9.84 Å². The van der Waals surface area contributed by atoms with Crippen LogP contribution in [0.5, 0.6) is 5.88 Å². The molecule has 1 N–H and O–H groups in total. The van der Waals surface area contributed by atoms with E-state index in [0.717, 1.165) is 24.0 Å². The Hall–Kier alpha value is -0.800. The van der Waals surface area contributed by atoms with Gasteiger partial charge in [-0.3, -0.25) is 0 Å². The van der Waals surface area contributed by atoms with E-state index in [-0.39, 0.29) is 12.5 Å². The third-order valence-corrected chi connectivity index (χ3v) is 2.92. The zero-order valence-electron chi connectivity index (χ0n) is 7.96. The maximum absolute atomic E-state index is 9.06. The fourth-order valence-electron chi connectivity index (χ4n) is 1.87. The van der Waals surface area contributed by atoms with Crippen LogP contribution in [0.2, 0.25) is 5.15 Å². The number of nitrogens with zero attached hydrogens (tertiary/aromatic N) is 1. The maximum atomic E-state index is 9.06. The van der Waals surface area contributed by atoms with Crippen molar-refractivity contribution >= 4 is 11.6 Å². The minimum Gasteiger partial charge on any atom is -0.481 e. The van der Waals surface area contributed by atoms with Crippen molar-refractivity contribution in [3.05, 3.63) is 22.3 Å². The molecule has 14 heavy (non-hydrogen) atoms. The molecule has 1 heterocycles. The minimum absolute atomic E-state index is 0.202. The van der Waals surface area contributed by atoms with Crippen molar-refractivity contribution in [2.75, 3.05) is 13.7 Å². The number of ether oxygens (including phenoxy) is 1. The number of pyridine rings is 1. The molecule has 1 unspecified atom stereocenters. The molecule has 0 fully saturated rings. The predicted octanol–water partition coefficient (Wildman–Crippen LogP) is 1.45. The van der Waals surface area contributed by atoms with Gasteiger partial charge in [0.25, 0.3) is 0 Å². The second kappa shape index (κ2) is 3.75. The van der Waals surface area contributed by atoms with Crippen LogP contribution in [-0.2, 0) is 12.8 Å². The largest absolute Gasteiger partial charge is 0.481 e. The van der Waals surface area contributed by atoms with Crippen LogP contribution in [0, 0.1) is 5.92 Å². The van der Waals surface area contributed by atoms with Crippen molar-refractivity contribution in [2.45, 2.75) is 12.8 Å². The molecule has 0 spiro atoms. The summed E-state index contributed by atoms with van der Waals surface area (Å²) < 4.78 is 5.03. The second-order valence-electron chi connectivity index (χ2n) is 3.55. The molecule has 1 atom stereocenters. The molecule has 2 rings (SSSR count). The lowest BCUT2D eigenvalue weighted by Gasteiger charge is -2.04. The highest BCUT2D eigenvalue weighted by Crippen LogP contribution is 2.33. The lowest BCUT2D eigenvalue weighted by Crippen LogP contribution is -2.04. The molecule has 0 amide bonds. The quantitative estimate of drug-likeness (QED) is 0.757. The van der Waals surface area contributed by atoms with Crippen molar-refractivity contribution in [2.24, 2.45) is 5.92 Å². The molecular weight excluding hydrogens is 202 g/mol. The van der Waals surface area contributed by atoms with Gasteiger partial charge in [-0.2, -0.15) is 0 Å². The Labute approximate surface area is 87.7 Å². The summed E-state index contributed by atoms with van der Waals surface area (Å²) in [5.41, 5.74) is 2.22. The molecule has 1 aromatic heterocycles. The van der Waals surface area contributed by atoms with E-state index in [2.05, 4.69) is 4.98 Å². The van der Waals surface area contributed by atoms with Crippen molar-refractivity contribution in [1.82, 2.24) is 4.98 Å². The summed E-state index contributed by atoms with van der Waals surface area (Å²) in [6.07, 6.45) is 1.69. The van der Waals surface area contributed by atoms with E-state index >= 15 is 0 Å². The van der Waals surface area contributed by atoms with Crippen molar-refractivity contribution in [3.8, 4) is 5.88 Å². The molecule has 1 aliphatic rings. The minimum atomic E-state index is 0.202. The molecule has 1 aliphatic carbocycles. The van der Waals surface area contributed by atoms with Crippen molar-refractivity contribution in [1.29, 1.82) is 0 Å². The zero-order chi connectivity index (χ0) is 10.1. The Morgan fingerprint density at radius 1 is 1.64 bits per heavy atom. The van der Waals surface area contributed by atoms with Gasteiger partial charge < -0.3 is 9.84 Å². The van der Waals surface area contributed by atoms with E-state index in [9.17, 15) is 0 Å². The first-order chi connectivity index (χ1) is 6.74. The van der Waals surface area contributed by atoms with Crippen LogP contribution in [0.25, 0.3) is 0 Å². The van der Waals surface area contributed by atoms with Gasteiger partial charge in [0.1, 0.15) is 5.15 Å². The smallest absolute Gasteiger partial charge is 0.214 e.